The van der Waals surface area contributed by atoms with Crippen LogP contribution in [0.25, 0.3) is 0 Å². The van der Waals surface area contributed by atoms with Gasteiger partial charge in [0.25, 0.3) is 0 Å². The highest BCUT2D eigenvalue weighted by Crippen LogP contribution is 2.53. The van der Waals surface area contributed by atoms with Crippen molar-refractivity contribution in [2.45, 2.75) is 37.5 Å². The van der Waals surface area contributed by atoms with Gasteiger partial charge in [-0.15, -0.1) is 0 Å². The van der Waals surface area contributed by atoms with Crippen LogP contribution >= 0.6 is 0 Å². The molecule has 8 nitrogen and oxygen atoms in total. The molecule has 6 N–H and O–H groups in total. The Labute approximate surface area is 196 Å². The van der Waals surface area contributed by atoms with Crippen LogP contribution in [-0.4, -0.2) is 23.0 Å². The number of ether oxygens (including phenoxy) is 2. The van der Waals surface area contributed by atoms with Crippen molar-refractivity contribution in [1.29, 1.82) is 0 Å². The van der Waals surface area contributed by atoms with Gasteiger partial charge in [0.05, 0.1) is 12.7 Å². The monoisotopic (exact) mass is 459 g/mol. The minimum Gasteiger partial charge on any atom is -0.480 e. The van der Waals surface area contributed by atoms with Crippen molar-refractivity contribution in [1.82, 2.24) is 0 Å². The van der Waals surface area contributed by atoms with Gasteiger partial charge in [0.1, 0.15) is 17.5 Å². The smallest absolute Gasteiger partial charge is 0.320 e. The summed E-state index contributed by atoms with van der Waals surface area (Å²) in [7, 11) is 0. The minimum atomic E-state index is -1.13. The Hall–Kier alpha value is -3.88. The van der Waals surface area contributed by atoms with Gasteiger partial charge in [0.2, 0.25) is 5.91 Å². The number of rotatable bonds is 6. The first-order chi connectivity index (χ1) is 16.4. The molecule has 2 aliphatic rings. The Morgan fingerprint density at radius 1 is 1.03 bits per heavy atom. The summed E-state index contributed by atoms with van der Waals surface area (Å²) in [6.45, 7) is 0.546. The molecule has 0 saturated heterocycles. The van der Waals surface area contributed by atoms with Gasteiger partial charge in [-0.25, -0.2) is 0 Å². The molecule has 34 heavy (non-hydrogen) atoms. The molecular weight excluding hydrogens is 434 g/mol. The SMILES string of the molecule is Nc1ccc2c(c1)Oc1cc(NC(=O)CC[C@H](N)C(=O)O)ccc1C2C1OCc2ccccc21. The third-order valence-electron chi connectivity index (χ3n) is 6.31. The number of aliphatic carboxylic acids is 1. The summed E-state index contributed by atoms with van der Waals surface area (Å²) in [5, 5.41) is 11.7. The molecule has 0 saturated carbocycles. The molecule has 0 aliphatic carbocycles. The van der Waals surface area contributed by atoms with E-state index in [9.17, 15) is 9.59 Å². The summed E-state index contributed by atoms with van der Waals surface area (Å²) in [4.78, 5) is 23.2. The fourth-order valence-corrected chi connectivity index (χ4v) is 4.59. The third kappa shape index (κ3) is 4.09. The Morgan fingerprint density at radius 2 is 1.76 bits per heavy atom. The summed E-state index contributed by atoms with van der Waals surface area (Å²) in [5.41, 5.74) is 16.9. The van der Waals surface area contributed by atoms with Crippen LogP contribution in [0.4, 0.5) is 11.4 Å². The molecule has 2 aliphatic heterocycles. The first-order valence-electron chi connectivity index (χ1n) is 11.1. The van der Waals surface area contributed by atoms with E-state index in [1.165, 1.54) is 5.56 Å². The quantitative estimate of drug-likeness (QED) is 0.410. The van der Waals surface area contributed by atoms with E-state index in [0.717, 1.165) is 16.7 Å². The number of benzene rings is 3. The fraction of sp³-hybridized carbons (Fsp3) is 0.231. The maximum absolute atomic E-state index is 12.3. The first-order valence-corrected chi connectivity index (χ1v) is 11.1. The Balaban J connectivity index is 1.45. The van der Waals surface area contributed by atoms with Gasteiger partial charge in [-0.1, -0.05) is 36.4 Å². The van der Waals surface area contributed by atoms with Crippen molar-refractivity contribution in [3.05, 3.63) is 82.9 Å². The Kier molecular flexibility index (Phi) is 5.69. The van der Waals surface area contributed by atoms with Gasteiger partial charge in [0.15, 0.2) is 0 Å². The van der Waals surface area contributed by atoms with E-state index in [2.05, 4.69) is 17.4 Å². The number of nitrogens with two attached hydrogens (primary N) is 2. The van der Waals surface area contributed by atoms with Crippen LogP contribution < -0.4 is 21.5 Å². The second kappa shape index (κ2) is 8.81. The lowest BCUT2D eigenvalue weighted by molar-refractivity contribution is -0.138. The van der Waals surface area contributed by atoms with E-state index in [0.29, 0.717) is 29.5 Å². The van der Waals surface area contributed by atoms with Crippen molar-refractivity contribution < 1.29 is 24.2 Å². The van der Waals surface area contributed by atoms with Gasteiger partial charge in [-0.3, -0.25) is 9.59 Å². The maximum Gasteiger partial charge on any atom is 0.320 e. The summed E-state index contributed by atoms with van der Waals surface area (Å²) in [6.07, 6.45) is -0.130. The van der Waals surface area contributed by atoms with Gasteiger partial charge < -0.3 is 31.4 Å². The normalized spacial score (nSPS) is 18.7. The number of hydrogen-bond acceptors (Lipinski definition) is 6. The lowest BCUT2D eigenvalue weighted by atomic mass is 9.81. The molecule has 3 aromatic carbocycles. The van der Waals surface area contributed by atoms with Crippen molar-refractivity contribution in [3.8, 4) is 11.5 Å². The van der Waals surface area contributed by atoms with Crippen LogP contribution in [-0.2, 0) is 20.9 Å². The maximum atomic E-state index is 12.3. The van der Waals surface area contributed by atoms with E-state index >= 15 is 0 Å². The number of carbonyl (C=O) groups is 2. The highest BCUT2D eigenvalue weighted by atomic mass is 16.5. The standard InChI is InChI=1S/C26H25N3O5/c27-15-5-7-18-21(11-15)34-22-12-16(29-23(30)10-9-20(28)26(31)32)6-8-19(22)24(18)25-17-4-2-1-3-14(17)13-33-25/h1-8,11-12,20,24-25H,9-10,13,27-28H2,(H,29,30)(H,31,32)/t20-,24?,25?/m0/s1. The summed E-state index contributed by atoms with van der Waals surface area (Å²) in [5.74, 6) is -0.296. The number of fused-ring (bicyclic) bond motifs is 3. The van der Waals surface area contributed by atoms with E-state index < -0.39 is 12.0 Å². The number of anilines is 2. The summed E-state index contributed by atoms with van der Waals surface area (Å²) in [6, 6.07) is 18.3. The van der Waals surface area contributed by atoms with Gasteiger partial charge >= 0.3 is 5.97 Å². The molecule has 3 aromatic rings. The van der Waals surface area contributed by atoms with Crippen LogP contribution in [0, 0.1) is 0 Å². The molecule has 0 spiro atoms. The first kappa shape index (κ1) is 21.9. The number of carbonyl (C=O) groups excluding carboxylic acids is 1. The molecule has 0 fully saturated rings. The predicted octanol–water partition coefficient (Wildman–Crippen LogP) is 3.91. The summed E-state index contributed by atoms with van der Waals surface area (Å²) < 4.78 is 12.5. The van der Waals surface area contributed by atoms with Crippen molar-refractivity contribution in [2.24, 2.45) is 5.73 Å². The number of carboxylic acids is 1. The molecule has 1 amide bonds. The summed E-state index contributed by atoms with van der Waals surface area (Å²) >= 11 is 0. The second-order valence-electron chi connectivity index (χ2n) is 8.59. The molecule has 0 radical (unpaired) electrons. The van der Waals surface area contributed by atoms with Crippen LogP contribution in [0.15, 0.2) is 60.7 Å². The molecule has 3 atom stereocenters. The number of nitrogens with one attached hydrogen (secondary N) is 1. The van der Waals surface area contributed by atoms with Crippen LogP contribution in [0.1, 0.15) is 47.1 Å². The molecule has 2 unspecified atom stereocenters. The van der Waals surface area contributed by atoms with E-state index in [1.54, 1.807) is 12.1 Å². The lowest BCUT2D eigenvalue weighted by Gasteiger charge is -2.32. The molecule has 174 valence electrons. The zero-order chi connectivity index (χ0) is 23.8. The van der Waals surface area contributed by atoms with Crippen molar-refractivity contribution in [2.75, 3.05) is 11.1 Å². The van der Waals surface area contributed by atoms with E-state index in [4.69, 9.17) is 26.0 Å². The zero-order valence-electron chi connectivity index (χ0n) is 18.4. The van der Waals surface area contributed by atoms with Crippen molar-refractivity contribution >= 4 is 23.3 Å². The average Bonchev–Trinajstić information content (AvgIpc) is 3.24. The topological polar surface area (TPSA) is 137 Å². The lowest BCUT2D eigenvalue weighted by Crippen LogP contribution is -2.31. The molecule has 0 bridgehead atoms. The van der Waals surface area contributed by atoms with E-state index in [1.807, 2.05) is 36.4 Å². The number of amides is 1. The highest BCUT2D eigenvalue weighted by molar-refractivity contribution is 5.91. The number of hydrogen-bond donors (Lipinski definition) is 4. The molecular formula is C26H25N3O5. The number of nitrogen functional groups attached to an aromatic ring is 1. The second-order valence-corrected chi connectivity index (χ2v) is 8.59. The van der Waals surface area contributed by atoms with Crippen LogP contribution in [0.3, 0.4) is 0 Å². The molecule has 0 aromatic heterocycles. The zero-order valence-corrected chi connectivity index (χ0v) is 18.4. The Morgan fingerprint density at radius 3 is 2.56 bits per heavy atom. The minimum absolute atomic E-state index is 0.0000979. The predicted molar refractivity (Wildman–Crippen MR) is 127 cm³/mol. The largest absolute Gasteiger partial charge is 0.480 e. The van der Waals surface area contributed by atoms with Gasteiger partial charge in [0, 0.05) is 47.0 Å². The average molecular weight is 460 g/mol. The van der Waals surface area contributed by atoms with Crippen LogP contribution in [0.2, 0.25) is 0 Å². The van der Waals surface area contributed by atoms with Crippen LogP contribution in [0.5, 0.6) is 11.5 Å². The van der Waals surface area contributed by atoms with Gasteiger partial charge in [-0.05, 0) is 29.7 Å². The third-order valence-corrected chi connectivity index (χ3v) is 6.31. The highest BCUT2D eigenvalue weighted by Gasteiger charge is 2.38. The van der Waals surface area contributed by atoms with Crippen molar-refractivity contribution in [3.63, 3.8) is 0 Å². The number of carboxylic acid groups (broad SMARTS) is 1. The van der Waals surface area contributed by atoms with E-state index in [-0.39, 0.29) is 30.8 Å². The van der Waals surface area contributed by atoms with Gasteiger partial charge in [-0.2, -0.15) is 0 Å². The molecule has 5 rings (SSSR count). The molecule has 8 heteroatoms. The Bertz CT molecular complexity index is 1280. The molecule has 2 heterocycles. The fourth-order valence-electron chi connectivity index (χ4n) is 4.59.